The summed E-state index contributed by atoms with van der Waals surface area (Å²) < 4.78 is 7.08. The van der Waals surface area contributed by atoms with Crippen molar-refractivity contribution in [1.82, 2.24) is 14.5 Å². The van der Waals surface area contributed by atoms with Crippen molar-refractivity contribution in [3.63, 3.8) is 0 Å². The summed E-state index contributed by atoms with van der Waals surface area (Å²) in [6, 6.07) is 13.8. The van der Waals surface area contributed by atoms with Gasteiger partial charge in [-0.15, -0.1) is 0 Å². The Morgan fingerprint density at radius 2 is 1.83 bits per heavy atom. The summed E-state index contributed by atoms with van der Waals surface area (Å²) in [6.45, 7) is 7.24. The predicted octanol–water partition coefficient (Wildman–Crippen LogP) is 2.87. The molecule has 0 saturated carbocycles. The Morgan fingerprint density at radius 3 is 2.53 bits per heavy atom. The zero-order chi connectivity index (χ0) is 21.1. The van der Waals surface area contributed by atoms with Crippen LogP contribution in [0.1, 0.15) is 23.0 Å². The second-order valence-corrected chi connectivity index (χ2v) is 7.42. The minimum absolute atomic E-state index is 0.129. The zero-order valence-electron chi connectivity index (χ0n) is 17.4. The van der Waals surface area contributed by atoms with Crippen molar-refractivity contribution in [2.45, 2.75) is 20.4 Å². The smallest absolute Gasteiger partial charge is 0.339 e. The number of fused-ring (bicyclic) bond motifs is 1. The van der Waals surface area contributed by atoms with E-state index in [4.69, 9.17) is 4.74 Å². The molecule has 1 fully saturated rings. The maximum absolute atomic E-state index is 12.9. The van der Waals surface area contributed by atoms with Gasteiger partial charge in [-0.2, -0.15) is 0 Å². The fraction of sp³-hybridized carbons (Fsp3) is 0.348. The number of hydrogen-bond donors (Lipinski definition) is 0. The van der Waals surface area contributed by atoms with E-state index in [-0.39, 0.29) is 11.9 Å². The Labute approximate surface area is 175 Å². The molecule has 156 valence electrons. The second-order valence-electron chi connectivity index (χ2n) is 7.42. The number of carbonyl (C=O) groups is 2. The molecule has 1 saturated heterocycles. The van der Waals surface area contributed by atoms with Crippen LogP contribution in [0.2, 0.25) is 0 Å². The monoisotopic (exact) mass is 406 g/mol. The Bertz CT molecular complexity index is 1050. The number of amides is 1. The van der Waals surface area contributed by atoms with Gasteiger partial charge in [0, 0.05) is 43.6 Å². The number of ether oxygens (including phenoxy) is 1. The number of nitrogens with zero attached hydrogens (tertiary/aromatic N) is 4. The van der Waals surface area contributed by atoms with Crippen LogP contribution in [-0.2, 0) is 16.1 Å². The van der Waals surface area contributed by atoms with Crippen LogP contribution < -0.4 is 4.90 Å². The highest BCUT2D eigenvalue weighted by molar-refractivity contribution is 5.89. The first-order chi connectivity index (χ1) is 14.6. The van der Waals surface area contributed by atoms with E-state index in [9.17, 15) is 9.59 Å². The summed E-state index contributed by atoms with van der Waals surface area (Å²) in [6.07, 6.45) is 1.55. The van der Waals surface area contributed by atoms with Gasteiger partial charge in [0.15, 0.2) is 0 Å². The lowest BCUT2D eigenvalue weighted by Gasteiger charge is -2.35. The van der Waals surface area contributed by atoms with Gasteiger partial charge in [0.05, 0.1) is 12.2 Å². The van der Waals surface area contributed by atoms with Gasteiger partial charge in [-0.05, 0) is 43.5 Å². The van der Waals surface area contributed by atoms with E-state index in [2.05, 4.69) is 32.7 Å². The minimum atomic E-state index is -0.361. The van der Waals surface area contributed by atoms with Crippen molar-refractivity contribution in [2.75, 3.05) is 37.7 Å². The molecule has 7 heteroatoms. The van der Waals surface area contributed by atoms with E-state index < -0.39 is 0 Å². The summed E-state index contributed by atoms with van der Waals surface area (Å²) >= 11 is 0. The molecule has 0 N–H and O–H groups in total. The number of aryl methyl sites for hydroxylation is 1. The number of anilines is 1. The maximum Gasteiger partial charge on any atom is 0.339 e. The van der Waals surface area contributed by atoms with Gasteiger partial charge in [-0.25, -0.2) is 9.78 Å². The minimum Gasteiger partial charge on any atom is -0.462 e. The summed E-state index contributed by atoms with van der Waals surface area (Å²) in [5.41, 5.74) is 2.63. The molecule has 3 heterocycles. The molecule has 0 unspecified atom stereocenters. The number of hydrogen-bond acceptors (Lipinski definition) is 5. The van der Waals surface area contributed by atoms with E-state index in [1.807, 2.05) is 30.0 Å². The highest BCUT2D eigenvalue weighted by Crippen LogP contribution is 2.20. The van der Waals surface area contributed by atoms with Gasteiger partial charge in [0.25, 0.3) is 0 Å². The van der Waals surface area contributed by atoms with Crippen LogP contribution in [0.15, 0.2) is 48.7 Å². The average molecular weight is 406 g/mol. The van der Waals surface area contributed by atoms with Gasteiger partial charge >= 0.3 is 5.97 Å². The molecule has 1 aromatic carbocycles. The van der Waals surface area contributed by atoms with Crippen LogP contribution in [0.3, 0.4) is 0 Å². The lowest BCUT2D eigenvalue weighted by atomic mass is 10.2. The lowest BCUT2D eigenvalue weighted by molar-refractivity contribution is -0.132. The van der Waals surface area contributed by atoms with Gasteiger partial charge in [0.1, 0.15) is 12.4 Å². The number of para-hydroxylation sites is 1. The zero-order valence-corrected chi connectivity index (χ0v) is 17.4. The SMILES string of the molecule is CCOC(=O)c1ccc(N2CCN(C(=O)Cn3c(C)cc4ccccc43)CC2)nc1. The Hall–Kier alpha value is -3.35. The standard InChI is InChI=1S/C23H26N4O3/c1-3-30-23(29)19-8-9-21(24-15-19)25-10-12-26(13-11-25)22(28)16-27-17(2)14-18-6-4-5-7-20(18)27/h4-9,14-15H,3,10-13,16H2,1-2H3. The van der Waals surface area contributed by atoms with E-state index in [1.54, 1.807) is 19.2 Å². The molecule has 0 bridgehead atoms. The van der Waals surface area contributed by atoms with E-state index in [0.717, 1.165) is 22.4 Å². The molecular weight excluding hydrogens is 380 g/mol. The first-order valence-electron chi connectivity index (χ1n) is 10.3. The molecule has 0 radical (unpaired) electrons. The van der Waals surface area contributed by atoms with Gasteiger partial charge in [-0.3, -0.25) is 4.79 Å². The molecule has 4 rings (SSSR count). The number of aromatic nitrogens is 2. The summed E-state index contributed by atoms with van der Waals surface area (Å²) in [7, 11) is 0. The van der Waals surface area contributed by atoms with Crippen LogP contribution in [0, 0.1) is 6.92 Å². The molecule has 0 atom stereocenters. The fourth-order valence-electron chi connectivity index (χ4n) is 3.89. The molecule has 3 aromatic rings. The molecule has 7 nitrogen and oxygen atoms in total. The van der Waals surface area contributed by atoms with Crippen LogP contribution in [-0.4, -0.2) is 59.1 Å². The normalized spacial score (nSPS) is 14.2. The molecule has 0 spiro atoms. The predicted molar refractivity (Wildman–Crippen MR) is 116 cm³/mol. The topological polar surface area (TPSA) is 67.7 Å². The van der Waals surface area contributed by atoms with Gasteiger partial charge in [-0.1, -0.05) is 18.2 Å². The Morgan fingerprint density at radius 1 is 1.07 bits per heavy atom. The number of rotatable bonds is 5. The third-order valence-electron chi connectivity index (χ3n) is 5.53. The van der Waals surface area contributed by atoms with Crippen molar-refractivity contribution in [3.8, 4) is 0 Å². The third kappa shape index (κ3) is 4.01. The number of esters is 1. The molecule has 1 aliphatic rings. The number of benzene rings is 1. The summed E-state index contributed by atoms with van der Waals surface area (Å²) in [5, 5.41) is 1.16. The first kappa shape index (κ1) is 19.9. The highest BCUT2D eigenvalue weighted by Gasteiger charge is 2.23. The number of piperazine rings is 1. The van der Waals surface area contributed by atoms with Gasteiger partial charge in [0.2, 0.25) is 5.91 Å². The van der Waals surface area contributed by atoms with E-state index in [1.165, 1.54) is 0 Å². The molecule has 1 aliphatic heterocycles. The Kier molecular flexibility index (Phi) is 5.70. The van der Waals surface area contributed by atoms with Crippen molar-refractivity contribution in [3.05, 3.63) is 59.9 Å². The third-order valence-corrected chi connectivity index (χ3v) is 5.53. The highest BCUT2D eigenvalue weighted by atomic mass is 16.5. The van der Waals surface area contributed by atoms with Crippen molar-refractivity contribution >= 4 is 28.6 Å². The van der Waals surface area contributed by atoms with Crippen LogP contribution in [0.25, 0.3) is 10.9 Å². The van der Waals surface area contributed by atoms with Crippen molar-refractivity contribution in [2.24, 2.45) is 0 Å². The largest absolute Gasteiger partial charge is 0.462 e. The second kappa shape index (κ2) is 8.57. The van der Waals surface area contributed by atoms with E-state index >= 15 is 0 Å². The van der Waals surface area contributed by atoms with Crippen molar-refractivity contribution < 1.29 is 14.3 Å². The quantitative estimate of drug-likeness (QED) is 0.610. The summed E-state index contributed by atoms with van der Waals surface area (Å²) in [5.74, 6) is 0.576. The van der Waals surface area contributed by atoms with Crippen LogP contribution in [0.5, 0.6) is 0 Å². The molecule has 2 aromatic heterocycles. The molecule has 0 aliphatic carbocycles. The lowest BCUT2D eigenvalue weighted by Crippen LogP contribution is -2.49. The van der Waals surface area contributed by atoms with Crippen molar-refractivity contribution in [1.29, 1.82) is 0 Å². The molecule has 30 heavy (non-hydrogen) atoms. The maximum atomic E-state index is 12.9. The Balaban J connectivity index is 1.36. The number of pyridine rings is 1. The molecular formula is C23H26N4O3. The summed E-state index contributed by atoms with van der Waals surface area (Å²) in [4.78, 5) is 33.1. The number of carbonyl (C=O) groups excluding carboxylic acids is 2. The average Bonchev–Trinajstić information content (AvgIpc) is 3.09. The fourth-order valence-corrected chi connectivity index (χ4v) is 3.89. The molecule has 1 amide bonds. The van der Waals surface area contributed by atoms with Gasteiger partial charge < -0.3 is 19.1 Å². The van der Waals surface area contributed by atoms with Crippen LogP contribution in [0.4, 0.5) is 5.82 Å². The first-order valence-corrected chi connectivity index (χ1v) is 10.3. The van der Waals surface area contributed by atoms with Crippen LogP contribution >= 0.6 is 0 Å². The van der Waals surface area contributed by atoms with E-state index in [0.29, 0.717) is 44.9 Å².